The summed E-state index contributed by atoms with van der Waals surface area (Å²) in [6.07, 6.45) is 0. The summed E-state index contributed by atoms with van der Waals surface area (Å²) in [5, 5.41) is 12.1. The fraction of sp³-hybridized carbons (Fsp3) is 0.611. The van der Waals surface area contributed by atoms with Crippen molar-refractivity contribution < 1.29 is 9.90 Å². The average molecular weight is 295 g/mol. The summed E-state index contributed by atoms with van der Waals surface area (Å²) in [6, 6.07) is 3.56. The van der Waals surface area contributed by atoms with Gasteiger partial charge in [-0.2, -0.15) is 0 Å². The Hall–Kier alpha value is -1.35. The van der Waals surface area contributed by atoms with Crippen LogP contribution in [0.1, 0.15) is 51.3 Å². The first-order valence-corrected chi connectivity index (χ1v) is 7.79. The van der Waals surface area contributed by atoms with E-state index < -0.39 is 0 Å². The van der Waals surface area contributed by atoms with Gasteiger partial charge in [0, 0.05) is 5.92 Å². The van der Waals surface area contributed by atoms with Crippen LogP contribution in [0.5, 0.6) is 5.75 Å². The third-order valence-electron chi connectivity index (χ3n) is 3.10. The van der Waals surface area contributed by atoms with Crippen molar-refractivity contribution in [2.75, 3.05) is 13.1 Å². The number of phenolic OH excluding ortho intramolecular Hbond substituents is 1. The van der Waals surface area contributed by atoms with E-state index >= 15 is 0 Å². The van der Waals surface area contributed by atoms with Crippen LogP contribution in [-0.2, 0) is 4.79 Å². The molecule has 0 fully saturated rings. The summed E-state index contributed by atoms with van der Waals surface area (Å²) < 4.78 is 0. The van der Waals surface area contributed by atoms with Gasteiger partial charge in [-0.05, 0) is 56.1 Å². The van der Waals surface area contributed by atoms with E-state index in [2.05, 4.69) is 12.2 Å². The molecule has 1 rings (SSSR count). The molecule has 3 heteroatoms. The van der Waals surface area contributed by atoms with E-state index in [0.717, 1.165) is 17.7 Å². The zero-order valence-corrected chi connectivity index (χ0v) is 15.0. The van der Waals surface area contributed by atoms with E-state index in [0.29, 0.717) is 12.3 Å². The van der Waals surface area contributed by atoms with Gasteiger partial charge in [0.2, 0.25) is 0 Å². The lowest BCUT2D eigenvalue weighted by molar-refractivity contribution is -0.121. The number of benzene rings is 1. The molecule has 0 aliphatic heterocycles. The molecule has 1 aromatic rings. The summed E-state index contributed by atoms with van der Waals surface area (Å²) in [5.74, 6) is 0.821. The molecule has 0 heterocycles. The number of carbonyl (C=O) groups is 1. The van der Waals surface area contributed by atoms with Gasteiger partial charge >= 0.3 is 0 Å². The SMILES string of the molecule is CC.CCNCC(=O)C(C)C.Cc1cc(O)cc(C)c1C. The quantitative estimate of drug-likeness (QED) is 0.876. The molecule has 122 valence electrons. The molecule has 21 heavy (non-hydrogen) atoms. The monoisotopic (exact) mass is 295 g/mol. The van der Waals surface area contributed by atoms with Crippen molar-refractivity contribution in [3.05, 3.63) is 28.8 Å². The van der Waals surface area contributed by atoms with Gasteiger partial charge in [0.25, 0.3) is 0 Å². The van der Waals surface area contributed by atoms with Crippen molar-refractivity contribution in [1.82, 2.24) is 5.32 Å². The fourth-order valence-electron chi connectivity index (χ4n) is 1.47. The summed E-state index contributed by atoms with van der Waals surface area (Å²) in [6.45, 7) is 17.3. The first-order valence-electron chi connectivity index (χ1n) is 7.79. The summed E-state index contributed by atoms with van der Waals surface area (Å²) in [7, 11) is 0. The van der Waals surface area contributed by atoms with Crippen molar-refractivity contribution in [3.8, 4) is 5.75 Å². The van der Waals surface area contributed by atoms with Crippen LogP contribution in [0.3, 0.4) is 0 Å². The Bertz CT molecular complexity index is 389. The smallest absolute Gasteiger partial charge is 0.149 e. The average Bonchev–Trinajstić information content (AvgIpc) is 2.44. The van der Waals surface area contributed by atoms with E-state index in [1.165, 1.54) is 5.56 Å². The van der Waals surface area contributed by atoms with Gasteiger partial charge in [0.15, 0.2) is 0 Å². The van der Waals surface area contributed by atoms with Crippen LogP contribution >= 0.6 is 0 Å². The van der Waals surface area contributed by atoms with Crippen molar-refractivity contribution in [2.45, 2.75) is 55.4 Å². The van der Waals surface area contributed by atoms with Gasteiger partial charge in [-0.25, -0.2) is 0 Å². The molecule has 0 aliphatic rings. The number of hydrogen-bond acceptors (Lipinski definition) is 3. The number of Topliss-reactive ketones (excluding diaryl/α,β-unsaturated/α-hetero) is 1. The third-order valence-corrected chi connectivity index (χ3v) is 3.10. The second-order valence-electron chi connectivity index (χ2n) is 5.11. The van der Waals surface area contributed by atoms with Gasteiger partial charge in [-0.15, -0.1) is 0 Å². The lowest BCUT2D eigenvalue weighted by atomic mass is 10.0. The summed E-state index contributed by atoms with van der Waals surface area (Å²) in [5.41, 5.74) is 3.56. The molecule has 0 saturated carbocycles. The number of aryl methyl sites for hydroxylation is 2. The second kappa shape index (κ2) is 12.4. The number of ketones is 1. The number of carbonyl (C=O) groups excluding carboxylic acids is 1. The molecule has 0 radical (unpaired) electrons. The van der Waals surface area contributed by atoms with Crippen LogP contribution in [0.25, 0.3) is 0 Å². The van der Waals surface area contributed by atoms with Crippen molar-refractivity contribution >= 4 is 5.78 Å². The maximum atomic E-state index is 10.8. The van der Waals surface area contributed by atoms with Crippen LogP contribution in [0.2, 0.25) is 0 Å². The van der Waals surface area contributed by atoms with Crippen molar-refractivity contribution in [3.63, 3.8) is 0 Å². The Morgan fingerprint density at radius 3 is 1.90 bits per heavy atom. The minimum Gasteiger partial charge on any atom is -0.508 e. The number of hydrogen-bond donors (Lipinski definition) is 2. The van der Waals surface area contributed by atoms with Gasteiger partial charge in [-0.3, -0.25) is 4.79 Å². The van der Waals surface area contributed by atoms with E-state index in [1.807, 2.05) is 48.5 Å². The fourth-order valence-corrected chi connectivity index (χ4v) is 1.47. The lowest BCUT2D eigenvalue weighted by Crippen LogP contribution is -2.25. The number of nitrogens with one attached hydrogen (secondary N) is 1. The van der Waals surface area contributed by atoms with Gasteiger partial charge < -0.3 is 10.4 Å². The summed E-state index contributed by atoms with van der Waals surface area (Å²) >= 11 is 0. The maximum Gasteiger partial charge on any atom is 0.149 e. The highest BCUT2D eigenvalue weighted by Crippen LogP contribution is 2.18. The van der Waals surface area contributed by atoms with Crippen molar-refractivity contribution in [2.24, 2.45) is 5.92 Å². The highest BCUT2D eigenvalue weighted by molar-refractivity contribution is 5.82. The molecule has 0 atom stereocenters. The first-order chi connectivity index (χ1) is 9.79. The normalized spacial score (nSPS) is 9.38. The molecule has 1 aromatic carbocycles. The molecule has 0 aliphatic carbocycles. The molecule has 0 aromatic heterocycles. The number of rotatable bonds is 4. The highest BCUT2D eigenvalue weighted by atomic mass is 16.3. The number of likely N-dealkylation sites (N-methyl/N-ethyl adjacent to an activating group) is 1. The predicted molar refractivity (Wildman–Crippen MR) is 92.1 cm³/mol. The standard InChI is InChI=1S/C9H12O.C7H15NO.C2H6/c1-6-4-9(10)5-7(2)8(6)3;1-4-8-5-7(9)6(2)3;1-2/h4-5,10H,1-3H3;6,8H,4-5H2,1-3H3;1-2H3. The Labute approximate surface area is 130 Å². The molecule has 0 spiro atoms. The number of phenols is 1. The predicted octanol–water partition coefficient (Wildman–Crippen LogP) is 4.16. The molecule has 0 saturated heterocycles. The molecule has 2 N–H and O–H groups in total. The Morgan fingerprint density at radius 1 is 1.14 bits per heavy atom. The van der Waals surface area contributed by atoms with Crippen LogP contribution in [-0.4, -0.2) is 24.0 Å². The Kier molecular flexibility index (Phi) is 12.9. The zero-order chi connectivity index (χ0) is 17.0. The van der Waals surface area contributed by atoms with E-state index in [4.69, 9.17) is 5.11 Å². The van der Waals surface area contributed by atoms with Gasteiger partial charge in [-0.1, -0.05) is 34.6 Å². The lowest BCUT2D eigenvalue weighted by Gasteiger charge is -2.03. The third kappa shape index (κ3) is 10.1. The van der Waals surface area contributed by atoms with Gasteiger partial charge in [0.05, 0.1) is 6.54 Å². The Balaban J connectivity index is 0. The number of aromatic hydroxyl groups is 1. The topological polar surface area (TPSA) is 49.3 Å². The van der Waals surface area contributed by atoms with Crippen LogP contribution in [0.4, 0.5) is 0 Å². The molecule has 0 bridgehead atoms. The highest BCUT2D eigenvalue weighted by Gasteiger charge is 2.03. The molecule has 3 nitrogen and oxygen atoms in total. The Morgan fingerprint density at radius 2 is 1.57 bits per heavy atom. The van der Waals surface area contributed by atoms with Crippen LogP contribution in [0, 0.1) is 26.7 Å². The van der Waals surface area contributed by atoms with E-state index in [9.17, 15) is 4.79 Å². The molecular weight excluding hydrogens is 262 g/mol. The first kappa shape index (κ1) is 21.9. The van der Waals surface area contributed by atoms with E-state index in [1.54, 1.807) is 12.1 Å². The minimum absolute atomic E-state index is 0.170. The molecular formula is C18H33NO2. The van der Waals surface area contributed by atoms with Crippen molar-refractivity contribution in [1.29, 1.82) is 0 Å². The van der Waals surface area contributed by atoms with Gasteiger partial charge in [0.1, 0.15) is 11.5 Å². The molecule has 0 amide bonds. The largest absolute Gasteiger partial charge is 0.508 e. The van der Waals surface area contributed by atoms with Crippen LogP contribution in [0.15, 0.2) is 12.1 Å². The summed E-state index contributed by atoms with van der Waals surface area (Å²) in [4.78, 5) is 10.8. The molecule has 0 unspecified atom stereocenters. The maximum absolute atomic E-state index is 10.8. The zero-order valence-electron chi connectivity index (χ0n) is 15.0. The van der Waals surface area contributed by atoms with Crippen LogP contribution < -0.4 is 5.32 Å². The second-order valence-corrected chi connectivity index (χ2v) is 5.11. The van der Waals surface area contributed by atoms with E-state index in [-0.39, 0.29) is 11.7 Å². The minimum atomic E-state index is 0.170.